The third-order valence-electron chi connectivity index (χ3n) is 1.64. The number of halogens is 1. The smallest absolute Gasteiger partial charge is 0.316 e. The minimum absolute atomic E-state index is 0.183. The summed E-state index contributed by atoms with van der Waals surface area (Å²) in [5, 5.41) is 0.887. The molecule has 94 valence electrons. The van der Waals surface area contributed by atoms with Gasteiger partial charge < -0.3 is 4.74 Å². The van der Waals surface area contributed by atoms with E-state index < -0.39 is 5.60 Å². The molecule has 4 nitrogen and oxygen atoms in total. The van der Waals surface area contributed by atoms with E-state index in [4.69, 9.17) is 16.3 Å². The number of hydrogen-bond acceptors (Lipinski definition) is 5. The highest BCUT2D eigenvalue weighted by atomic mass is 35.5. The Labute approximate surface area is 110 Å². The van der Waals surface area contributed by atoms with E-state index in [1.165, 1.54) is 11.8 Å². The van der Waals surface area contributed by atoms with Crippen molar-refractivity contribution in [3.05, 3.63) is 17.0 Å². The lowest BCUT2D eigenvalue weighted by Gasteiger charge is -2.19. The van der Waals surface area contributed by atoms with Crippen molar-refractivity contribution < 1.29 is 9.53 Å². The molecule has 0 fully saturated rings. The van der Waals surface area contributed by atoms with Crippen LogP contribution in [-0.4, -0.2) is 27.3 Å². The summed E-state index contributed by atoms with van der Waals surface area (Å²) in [4.78, 5) is 19.4. The Bertz CT molecular complexity index is 418. The number of ether oxygens (including phenoxy) is 1. The first-order valence-corrected chi connectivity index (χ1v) is 6.48. The number of rotatable bonds is 3. The molecule has 0 aromatic carbocycles. The second-order valence-electron chi connectivity index (χ2n) is 4.50. The fraction of sp³-hybridized carbons (Fsp3) is 0.545. The number of nitrogens with zero attached hydrogens (tertiary/aromatic N) is 2. The molecule has 0 aliphatic carbocycles. The van der Waals surface area contributed by atoms with Gasteiger partial charge in [-0.15, -0.1) is 0 Å². The molecule has 1 aromatic rings. The van der Waals surface area contributed by atoms with Gasteiger partial charge in [-0.3, -0.25) is 4.79 Å². The van der Waals surface area contributed by atoms with Crippen LogP contribution in [0, 0.1) is 6.92 Å². The maximum atomic E-state index is 11.5. The summed E-state index contributed by atoms with van der Waals surface area (Å²) in [5.41, 5.74) is 0.429. The van der Waals surface area contributed by atoms with Crippen molar-refractivity contribution >= 4 is 29.3 Å². The van der Waals surface area contributed by atoms with Crippen LogP contribution in [0.15, 0.2) is 11.2 Å². The average Bonchev–Trinajstić information content (AvgIpc) is 2.17. The summed E-state index contributed by atoms with van der Waals surface area (Å²) in [6.07, 6.45) is 1.63. The van der Waals surface area contributed by atoms with Gasteiger partial charge in [0, 0.05) is 6.20 Å². The number of thioether (sulfide) groups is 1. The van der Waals surface area contributed by atoms with Crippen molar-refractivity contribution in [1.29, 1.82) is 0 Å². The average molecular weight is 275 g/mol. The van der Waals surface area contributed by atoms with Crippen molar-refractivity contribution in [2.45, 2.75) is 38.3 Å². The molecule has 1 aromatic heterocycles. The van der Waals surface area contributed by atoms with Crippen LogP contribution < -0.4 is 0 Å². The molecule has 0 aliphatic heterocycles. The minimum atomic E-state index is -0.462. The second kappa shape index (κ2) is 5.69. The van der Waals surface area contributed by atoms with Gasteiger partial charge in [-0.2, -0.15) is 0 Å². The van der Waals surface area contributed by atoms with E-state index in [0.29, 0.717) is 5.03 Å². The molecular formula is C11H15ClN2O2S. The Morgan fingerprint density at radius 2 is 2.18 bits per heavy atom. The van der Waals surface area contributed by atoms with E-state index in [1.54, 1.807) is 6.20 Å². The highest BCUT2D eigenvalue weighted by Gasteiger charge is 2.17. The lowest BCUT2D eigenvalue weighted by molar-refractivity contribution is -0.151. The number of esters is 1. The van der Waals surface area contributed by atoms with Gasteiger partial charge in [0.25, 0.3) is 0 Å². The fourth-order valence-corrected chi connectivity index (χ4v) is 1.98. The maximum absolute atomic E-state index is 11.5. The number of aryl methyl sites for hydroxylation is 1. The van der Waals surface area contributed by atoms with Gasteiger partial charge in [0.1, 0.15) is 10.6 Å². The van der Waals surface area contributed by atoms with Crippen molar-refractivity contribution in [3.63, 3.8) is 0 Å². The molecule has 17 heavy (non-hydrogen) atoms. The van der Waals surface area contributed by atoms with Crippen LogP contribution >= 0.6 is 23.4 Å². The summed E-state index contributed by atoms with van der Waals surface area (Å²) in [6.45, 7) is 7.38. The first-order chi connectivity index (χ1) is 7.78. The van der Waals surface area contributed by atoms with Gasteiger partial charge in [0.15, 0.2) is 0 Å². The monoisotopic (exact) mass is 274 g/mol. The first-order valence-electron chi connectivity index (χ1n) is 5.12. The first kappa shape index (κ1) is 14.3. The summed E-state index contributed by atoms with van der Waals surface area (Å²) in [6, 6.07) is 0. The van der Waals surface area contributed by atoms with Gasteiger partial charge >= 0.3 is 5.97 Å². The molecule has 6 heteroatoms. The van der Waals surface area contributed by atoms with E-state index in [-0.39, 0.29) is 17.0 Å². The zero-order valence-electron chi connectivity index (χ0n) is 10.3. The zero-order valence-corrected chi connectivity index (χ0v) is 11.9. The quantitative estimate of drug-likeness (QED) is 0.367. The molecular weight excluding hydrogens is 260 g/mol. The van der Waals surface area contributed by atoms with Crippen molar-refractivity contribution in [1.82, 2.24) is 9.97 Å². The molecule has 0 saturated heterocycles. The minimum Gasteiger partial charge on any atom is -0.459 e. The Morgan fingerprint density at radius 3 is 2.76 bits per heavy atom. The Balaban J connectivity index is 2.56. The van der Waals surface area contributed by atoms with E-state index in [2.05, 4.69) is 9.97 Å². The molecule has 0 unspecified atom stereocenters. The lowest BCUT2D eigenvalue weighted by atomic mass is 10.2. The van der Waals surface area contributed by atoms with Crippen LogP contribution in [0.2, 0.25) is 5.28 Å². The van der Waals surface area contributed by atoms with Crippen molar-refractivity contribution in [2.75, 3.05) is 5.75 Å². The molecule has 0 aliphatic rings. The normalized spacial score (nSPS) is 11.4. The van der Waals surface area contributed by atoms with Gasteiger partial charge in [-0.1, -0.05) is 11.8 Å². The number of carbonyl (C=O) groups is 1. The molecule has 0 bridgehead atoms. The molecule has 0 spiro atoms. The molecule has 0 saturated carbocycles. The van der Waals surface area contributed by atoms with E-state index >= 15 is 0 Å². The predicted molar refractivity (Wildman–Crippen MR) is 68.3 cm³/mol. The third kappa shape index (κ3) is 5.37. The zero-order chi connectivity index (χ0) is 13.1. The summed E-state index contributed by atoms with van der Waals surface area (Å²) < 4.78 is 5.19. The van der Waals surface area contributed by atoms with Crippen molar-refractivity contribution in [3.8, 4) is 0 Å². The molecule has 0 atom stereocenters. The second-order valence-corrected chi connectivity index (χ2v) is 5.80. The SMILES string of the molecule is Cc1cnc(Cl)nc1SCC(=O)OC(C)(C)C. The number of aromatic nitrogens is 2. The summed E-state index contributed by atoms with van der Waals surface area (Å²) >= 11 is 6.99. The van der Waals surface area contributed by atoms with Crippen LogP contribution in [0.25, 0.3) is 0 Å². The number of hydrogen-bond donors (Lipinski definition) is 0. The van der Waals surface area contributed by atoms with Crippen LogP contribution in [-0.2, 0) is 9.53 Å². The van der Waals surface area contributed by atoms with Gasteiger partial charge in [-0.25, -0.2) is 9.97 Å². The highest BCUT2D eigenvalue weighted by molar-refractivity contribution is 7.99. The van der Waals surface area contributed by atoms with Gasteiger partial charge in [0.05, 0.1) is 5.75 Å². The van der Waals surface area contributed by atoms with Crippen LogP contribution in [0.5, 0.6) is 0 Å². The van der Waals surface area contributed by atoms with Gasteiger partial charge in [0.2, 0.25) is 5.28 Å². The van der Waals surface area contributed by atoms with Crippen LogP contribution in [0.4, 0.5) is 0 Å². The Kier molecular flexibility index (Phi) is 4.77. The largest absolute Gasteiger partial charge is 0.459 e. The van der Waals surface area contributed by atoms with E-state index in [0.717, 1.165) is 5.56 Å². The molecule has 0 radical (unpaired) electrons. The lowest BCUT2D eigenvalue weighted by Crippen LogP contribution is -2.24. The van der Waals surface area contributed by atoms with Gasteiger partial charge in [-0.05, 0) is 44.9 Å². The molecule has 0 amide bonds. The summed E-state index contributed by atoms with van der Waals surface area (Å²) in [5.74, 6) is -0.0533. The number of carbonyl (C=O) groups excluding carboxylic acids is 1. The topological polar surface area (TPSA) is 52.1 Å². The van der Waals surface area contributed by atoms with E-state index in [9.17, 15) is 4.79 Å². The van der Waals surface area contributed by atoms with Crippen LogP contribution in [0.1, 0.15) is 26.3 Å². The Morgan fingerprint density at radius 1 is 1.53 bits per heavy atom. The summed E-state index contributed by atoms with van der Waals surface area (Å²) in [7, 11) is 0. The maximum Gasteiger partial charge on any atom is 0.316 e. The predicted octanol–water partition coefficient (Wildman–Crippen LogP) is 2.87. The third-order valence-corrected chi connectivity index (χ3v) is 2.89. The highest BCUT2D eigenvalue weighted by Crippen LogP contribution is 2.21. The molecule has 1 rings (SSSR count). The van der Waals surface area contributed by atoms with Crippen LogP contribution in [0.3, 0.4) is 0 Å². The molecule has 0 N–H and O–H groups in total. The fourth-order valence-electron chi connectivity index (χ4n) is 1.05. The van der Waals surface area contributed by atoms with E-state index in [1.807, 2.05) is 27.7 Å². The van der Waals surface area contributed by atoms with Crippen molar-refractivity contribution in [2.24, 2.45) is 0 Å². The molecule has 1 heterocycles. The Hall–Kier alpha value is -0.810. The standard InChI is InChI=1S/C11H15ClN2O2S/c1-7-5-13-10(12)14-9(7)17-6-8(15)16-11(2,3)4/h5H,6H2,1-4H3.